The highest BCUT2D eigenvalue weighted by molar-refractivity contribution is 9.10. The monoisotopic (exact) mass is 398 g/mol. The molecule has 1 aliphatic rings. The summed E-state index contributed by atoms with van der Waals surface area (Å²) < 4.78 is 0.930. The predicted octanol–water partition coefficient (Wildman–Crippen LogP) is 3.14. The smallest absolute Gasteiger partial charge is 0.275 e. The summed E-state index contributed by atoms with van der Waals surface area (Å²) in [4.78, 5) is 14.9. The molecule has 1 amide bonds. The van der Waals surface area contributed by atoms with Crippen LogP contribution in [0.4, 0.5) is 0 Å². The summed E-state index contributed by atoms with van der Waals surface area (Å²) in [6.07, 6.45) is 0. The highest BCUT2D eigenvalue weighted by Crippen LogP contribution is 2.33. The van der Waals surface area contributed by atoms with E-state index in [1.165, 1.54) is 5.56 Å². The fraction of sp³-hybridized carbons (Fsp3) is 0.263. The lowest BCUT2D eigenvalue weighted by molar-refractivity contribution is 0.0782. The van der Waals surface area contributed by atoms with Gasteiger partial charge >= 0.3 is 0 Å². The highest BCUT2D eigenvalue weighted by Gasteiger charge is 2.36. The lowest BCUT2D eigenvalue weighted by Crippen LogP contribution is -2.30. The number of aromatic amines is 1. The SMILES string of the molecule is NC[C@@H]1CN(C(=O)c2n[nH]c3ccc(Br)cc23)C[C@H]1c1ccccc1. The number of aromatic nitrogens is 2. The van der Waals surface area contributed by atoms with Gasteiger partial charge in [0.1, 0.15) is 0 Å². The number of halogens is 1. The third-order valence-electron chi connectivity index (χ3n) is 4.99. The molecule has 6 heteroatoms. The van der Waals surface area contributed by atoms with Gasteiger partial charge in [0, 0.05) is 28.9 Å². The number of nitrogens with zero attached hydrogens (tertiary/aromatic N) is 2. The van der Waals surface area contributed by atoms with Crippen molar-refractivity contribution >= 4 is 32.7 Å². The molecule has 128 valence electrons. The Morgan fingerprint density at radius 1 is 1.24 bits per heavy atom. The third-order valence-corrected chi connectivity index (χ3v) is 5.48. The molecule has 1 aliphatic heterocycles. The molecule has 0 unspecified atom stereocenters. The van der Waals surface area contributed by atoms with Gasteiger partial charge in [0.05, 0.1) is 5.52 Å². The zero-order chi connectivity index (χ0) is 17.4. The second-order valence-electron chi connectivity index (χ2n) is 6.49. The molecule has 0 saturated carbocycles. The number of carbonyl (C=O) groups excluding carboxylic acids is 1. The van der Waals surface area contributed by atoms with Crippen LogP contribution in [0, 0.1) is 5.92 Å². The van der Waals surface area contributed by atoms with Crippen LogP contribution in [0.25, 0.3) is 10.9 Å². The predicted molar refractivity (Wildman–Crippen MR) is 101 cm³/mol. The Morgan fingerprint density at radius 2 is 2.04 bits per heavy atom. The van der Waals surface area contributed by atoms with Gasteiger partial charge < -0.3 is 10.6 Å². The summed E-state index contributed by atoms with van der Waals surface area (Å²) in [5, 5.41) is 8.05. The van der Waals surface area contributed by atoms with Gasteiger partial charge in [-0.15, -0.1) is 0 Å². The zero-order valence-corrected chi connectivity index (χ0v) is 15.2. The minimum absolute atomic E-state index is 0.0405. The maximum absolute atomic E-state index is 13.1. The number of benzene rings is 2. The minimum Gasteiger partial charge on any atom is -0.336 e. The number of fused-ring (bicyclic) bond motifs is 1. The molecule has 3 aromatic rings. The molecule has 2 atom stereocenters. The van der Waals surface area contributed by atoms with Gasteiger partial charge in [0.15, 0.2) is 5.69 Å². The Labute approximate surface area is 154 Å². The molecule has 1 aromatic heterocycles. The van der Waals surface area contributed by atoms with Gasteiger partial charge in [-0.1, -0.05) is 46.3 Å². The highest BCUT2D eigenvalue weighted by atomic mass is 79.9. The summed E-state index contributed by atoms with van der Waals surface area (Å²) in [6, 6.07) is 16.1. The maximum atomic E-state index is 13.1. The average molecular weight is 399 g/mol. The fourth-order valence-corrected chi connectivity index (χ4v) is 4.01. The van der Waals surface area contributed by atoms with Crippen molar-refractivity contribution in [2.24, 2.45) is 11.7 Å². The lowest BCUT2D eigenvalue weighted by atomic mass is 9.89. The molecule has 1 fully saturated rings. The van der Waals surface area contributed by atoms with E-state index in [0.717, 1.165) is 15.4 Å². The molecule has 3 N–H and O–H groups in total. The van der Waals surface area contributed by atoms with Crippen LogP contribution in [0.3, 0.4) is 0 Å². The van der Waals surface area contributed by atoms with Crippen molar-refractivity contribution in [2.45, 2.75) is 5.92 Å². The molecule has 25 heavy (non-hydrogen) atoms. The summed E-state index contributed by atoms with van der Waals surface area (Å²) in [6.45, 7) is 1.90. The normalized spacial score (nSPS) is 20.3. The van der Waals surface area contributed by atoms with E-state index >= 15 is 0 Å². The van der Waals surface area contributed by atoms with Gasteiger partial charge in [-0.25, -0.2) is 0 Å². The largest absolute Gasteiger partial charge is 0.336 e. The minimum atomic E-state index is -0.0405. The van der Waals surface area contributed by atoms with Gasteiger partial charge in [0.2, 0.25) is 0 Å². The van der Waals surface area contributed by atoms with Gasteiger partial charge in [-0.2, -0.15) is 5.10 Å². The van der Waals surface area contributed by atoms with Crippen molar-refractivity contribution in [2.75, 3.05) is 19.6 Å². The molecule has 0 radical (unpaired) electrons. The number of hydrogen-bond donors (Lipinski definition) is 2. The van der Waals surface area contributed by atoms with Crippen molar-refractivity contribution in [1.82, 2.24) is 15.1 Å². The first-order chi connectivity index (χ1) is 12.2. The van der Waals surface area contributed by atoms with Crippen LogP contribution < -0.4 is 5.73 Å². The van der Waals surface area contributed by atoms with Crippen molar-refractivity contribution in [3.05, 3.63) is 64.3 Å². The first-order valence-electron chi connectivity index (χ1n) is 8.35. The van der Waals surface area contributed by atoms with Crippen molar-refractivity contribution < 1.29 is 4.79 Å². The molecular weight excluding hydrogens is 380 g/mol. The van der Waals surface area contributed by atoms with E-state index in [-0.39, 0.29) is 17.7 Å². The van der Waals surface area contributed by atoms with E-state index in [0.29, 0.717) is 25.3 Å². The summed E-state index contributed by atoms with van der Waals surface area (Å²) in [5.74, 6) is 0.497. The third kappa shape index (κ3) is 2.96. The number of nitrogens with two attached hydrogens (primary N) is 1. The molecule has 0 aliphatic carbocycles. The van der Waals surface area contributed by atoms with Crippen LogP contribution in [0.15, 0.2) is 53.0 Å². The fourth-order valence-electron chi connectivity index (χ4n) is 3.65. The zero-order valence-electron chi connectivity index (χ0n) is 13.7. The molecular formula is C19H19BrN4O. The Kier molecular flexibility index (Phi) is 4.31. The van der Waals surface area contributed by atoms with E-state index in [4.69, 9.17) is 5.73 Å². The Hall–Kier alpha value is -2.18. The van der Waals surface area contributed by atoms with E-state index < -0.39 is 0 Å². The Balaban J connectivity index is 1.63. The number of H-pyrrole nitrogens is 1. The van der Waals surface area contributed by atoms with Crippen molar-refractivity contribution in [1.29, 1.82) is 0 Å². The first-order valence-corrected chi connectivity index (χ1v) is 9.14. The van der Waals surface area contributed by atoms with Crippen LogP contribution in [0.1, 0.15) is 22.0 Å². The molecule has 4 rings (SSSR count). The van der Waals surface area contributed by atoms with Crippen molar-refractivity contribution in [3.63, 3.8) is 0 Å². The molecule has 1 saturated heterocycles. The van der Waals surface area contributed by atoms with E-state index in [1.807, 2.05) is 41.3 Å². The summed E-state index contributed by atoms with van der Waals surface area (Å²) in [7, 11) is 0. The summed E-state index contributed by atoms with van der Waals surface area (Å²) in [5.41, 5.74) is 8.56. The maximum Gasteiger partial charge on any atom is 0.275 e. The number of carbonyl (C=O) groups is 1. The van der Waals surface area contributed by atoms with Crippen LogP contribution >= 0.6 is 15.9 Å². The number of rotatable bonds is 3. The summed E-state index contributed by atoms with van der Waals surface area (Å²) >= 11 is 3.46. The quantitative estimate of drug-likeness (QED) is 0.711. The number of amides is 1. The molecule has 0 bridgehead atoms. The second-order valence-corrected chi connectivity index (χ2v) is 7.40. The number of nitrogens with one attached hydrogen (secondary N) is 1. The van der Waals surface area contributed by atoms with Crippen LogP contribution in [0.5, 0.6) is 0 Å². The first kappa shape index (κ1) is 16.3. The second kappa shape index (κ2) is 6.61. The number of hydrogen-bond acceptors (Lipinski definition) is 3. The average Bonchev–Trinajstić information content (AvgIpc) is 3.25. The van der Waals surface area contributed by atoms with Gasteiger partial charge in [-0.3, -0.25) is 9.89 Å². The van der Waals surface area contributed by atoms with Crippen LogP contribution in [-0.2, 0) is 0 Å². The molecule has 0 spiro atoms. The molecule has 2 aromatic carbocycles. The Bertz CT molecular complexity index is 908. The lowest BCUT2D eigenvalue weighted by Gasteiger charge is -2.16. The van der Waals surface area contributed by atoms with Gasteiger partial charge in [-0.05, 0) is 36.2 Å². The van der Waals surface area contributed by atoms with Crippen LogP contribution in [0.2, 0.25) is 0 Å². The van der Waals surface area contributed by atoms with Gasteiger partial charge in [0.25, 0.3) is 5.91 Å². The van der Waals surface area contributed by atoms with Crippen LogP contribution in [-0.4, -0.2) is 40.6 Å². The van der Waals surface area contributed by atoms with E-state index in [2.05, 4.69) is 38.3 Å². The standard InChI is InChI=1S/C19H19BrN4O/c20-14-6-7-17-15(8-14)18(23-22-17)19(25)24-10-13(9-21)16(11-24)12-4-2-1-3-5-12/h1-8,13,16H,9-11,21H2,(H,22,23)/t13-,16+/m1/s1. The number of likely N-dealkylation sites (tertiary alicyclic amines) is 1. The topological polar surface area (TPSA) is 75.0 Å². The molecule has 2 heterocycles. The van der Waals surface area contributed by atoms with Crippen molar-refractivity contribution in [3.8, 4) is 0 Å². The van der Waals surface area contributed by atoms with E-state index in [9.17, 15) is 4.79 Å². The van der Waals surface area contributed by atoms with E-state index in [1.54, 1.807) is 0 Å². The molecule has 5 nitrogen and oxygen atoms in total. The Morgan fingerprint density at radius 3 is 2.80 bits per heavy atom.